The van der Waals surface area contributed by atoms with Crippen molar-refractivity contribution >= 4 is 257 Å². The van der Waals surface area contributed by atoms with Crippen molar-refractivity contribution in [2.75, 3.05) is 9.80 Å². The quantitative estimate of drug-likeness (QED) is 0.140. The van der Waals surface area contributed by atoms with Gasteiger partial charge in [0.05, 0.1) is 0 Å². The van der Waals surface area contributed by atoms with Crippen molar-refractivity contribution < 1.29 is 0 Å². The number of hydrogen-bond acceptors (Lipinski definition) is 2. The summed E-state index contributed by atoms with van der Waals surface area (Å²) in [6.45, 7) is 0. The molecule has 0 N–H and O–H groups in total. The van der Waals surface area contributed by atoms with Gasteiger partial charge in [-0.3, -0.25) is 0 Å². The third-order valence-electron chi connectivity index (χ3n) is 29.7. The number of benzene rings is 27. The summed E-state index contributed by atoms with van der Waals surface area (Å²) in [5.41, 5.74) is 26.8. The van der Waals surface area contributed by atoms with Crippen LogP contribution in [0.5, 0.6) is 0 Å². The van der Waals surface area contributed by atoms with Gasteiger partial charge in [0.15, 0.2) is 0 Å². The van der Waals surface area contributed by atoms with Gasteiger partial charge in [0.1, 0.15) is 0 Å². The molecule has 3 aliphatic rings. The highest BCUT2D eigenvalue weighted by Crippen LogP contribution is 2.60. The van der Waals surface area contributed by atoms with Crippen LogP contribution in [0.2, 0.25) is 15.1 Å². The van der Waals surface area contributed by atoms with Crippen LogP contribution >= 0.6 is 50.7 Å². The summed E-state index contributed by atoms with van der Waals surface area (Å²) < 4.78 is 1.18. The van der Waals surface area contributed by atoms with Crippen LogP contribution in [0.4, 0.5) is 34.1 Å². The largest absolute Gasteiger partial charge is 0.310 e. The maximum absolute atomic E-state index is 7.11. The lowest BCUT2D eigenvalue weighted by Crippen LogP contribution is -2.09. The lowest BCUT2D eigenvalue weighted by Gasteiger charge is -2.26. The van der Waals surface area contributed by atoms with Crippen LogP contribution in [0.25, 0.3) is 261 Å². The predicted octanol–water partition coefficient (Wildman–Crippen LogP) is 39.8. The maximum Gasteiger partial charge on any atom is 0.0486 e. The molecule has 0 bridgehead atoms. The van der Waals surface area contributed by atoms with Crippen LogP contribution in [-0.2, 0) is 0 Å². The van der Waals surface area contributed by atoms with Crippen LogP contribution < -0.4 is 9.80 Å². The monoisotopic (exact) mass is 1840 g/mol. The van der Waals surface area contributed by atoms with Crippen LogP contribution in [0.15, 0.2) is 441 Å². The zero-order valence-electron chi connectivity index (χ0n) is 73.0. The molecule has 2 nitrogen and oxygen atoms in total. The third kappa shape index (κ3) is 11.3. The highest BCUT2D eigenvalue weighted by Gasteiger charge is 2.33. The van der Waals surface area contributed by atoms with Crippen molar-refractivity contribution in [3.63, 3.8) is 0 Å². The van der Waals surface area contributed by atoms with Gasteiger partial charge >= 0.3 is 0 Å². The van der Waals surface area contributed by atoms with Gasteiger partial charge in [-0.2, -0.15) is 0 Å². The number of hydrogen-bond donors (Lipinski definition) is 0. The molecule has 3 aliphatic carbocycles. The first kappa shape index (κ1) is 77.6. The standard InChI is InChI=1S/C40H24ClN.C40H23N.C28H14Cl2.C22H11Br/c41-37-21-19-29(42(27-12-3-1-4-13-27)28-14-5-2-6-15-28)23-34(37)33-24-36-31-17-8-7-16-30(31)35-22-26-11-9-10-25-18-20-32(33)40(38(25)26)39(35)36;1-3-12-26(13-4-1)41(27-14-5-2-6-15-27)28-18-19-31-32(22-28)36-23-35-30-17-8-7-16-29(30)33-20-24-10-9-11-25-21-34(31)39(36)40(37(24)25)38(33)35;29-17-9-11-25(30)22(13-17)21-14-24-19-7-2-1-6-18(19)23-12-16-5-3-4-15-8-10-20(21)28(26(15)16)27(23)24;23-19-11-18-15-7-2-1-6-14(15)17-10-13-5-3-4-12-8-9-16(19)22(20(12)13)21(17)18/h1-24H;1-23H;1-14H;1-11H. The fourth-order valence-corrected chi connectivity index (χ4v) is 25.3. The molecule has 136 heavy (non-hydrogen) atoms. The molecule has 32 rings (SSSR count). The average Bonchev–Trinajstić information content (AvgIpc) is 1.68. The number of fused-ring (bicyclic) bond motifs is 15. The van der Waals surface area contributed by atoms with Crippen molar-refractivity contribution in [1.29, 1.82) is 0 Å². The van der Waals surface area contributed by atoms with Gasteiger partial charge in [-0.05, 0) is 402 Å². The van der Waals surface area contributed by atoms with Gasteiger partial charge in [-0.25, -0.2) is 0 Å². The van der Waals surface area contributed by atoms with Crippen molar-refractivity contribution in [2.45, 2.75) is 0 Å². The molecule has 0 spiro atoms. The molecule has 6 heteroatoms. The van der Waals surface area contributed by atoms with Gasteiger partial charge in [0.25, 0.3) is 0 Å². The van der Waals surface area contributed by atoms with Crippen LogP contribution in [0.3, 0.4) is 0 Å². The maximum atomic E-state index is 7.11. The van der Waals surface area contributed by atoms with Gasteiger partial charge < -0.3 is 9.80 Å². The summed E-state index contributed by atoms with van der Waals surface area (Å²) in [7, 11) is 0. The Morgan fingerprint density at radius 2 is 0.449 bits per heavy atom. The molecule has 0 aliphatic heterocycles. The molecule has 29 aromatic carbocycles. The number of halogens is 4. The lowest BCUT2D eigenvalue weighted by molar-refractivity contribution is 1.28. The molecule has 0 unspecified atom stereocenters. The highest BCUT2D eigenvalue weighted by atomic mass is 79.9. The molecule has 630 valence electrons. The summed E-state index contributed by atoms with van der Waals surface area (Å²) in [5.74, 6) is 0. The smallest absolute Gasteiger partial charge is 0.0486 e. The second-order valence-corrected chi connectivity index (χ2v) is 38.8. The Hall–Kier alpha value is -16.0. The van der Waals surface area contributed by atoms with Crippen molar-refractivity contribution in [1.82, 2.24) is 0 Å². The van der Waals surface area contributed by atoms with Crippen LogP contribution in [0.1, 0.15) is 0 Å². The van der Waals surface area contributed by atoms with E-state index in [1.54, 1.807) is 0 Å². The minimum atomic E-state index is 0.692. The second kappa shape index (κ2) is 29.8. The van der Waals surface area contributed by atoms with E-state index in [9.17, 15) is 0 Å². The summed E-state index contributed by atoms with van der Waals surface area (Å²) in [6.07, 6.45) is 0. The Balaban J connectivity index is 0.0000000900. The molecule has 0 atom stereocenters. The fourth-order valence-electron chi connectivity index (χ4n) is 24.1. The van der Waals surface area contributed by atoms with E-state index in [1.807, 2.05) is 24.3 Å². The third-order valence-corrected chi connectivity index (χ3v) is 31.2. The van der Waals surface area contributed by atoms with E-state index in [0.717, 1.165) is 55.7 Å². The van der Waals surface area contributed by atoms with E-state index in [0.29, 0.717) is 10.0 Å². The first-order valence-corrected chi connectivity index (χ1v) is 48.3. The Kier molecular flexibility index (Phi) is 17.0. The zero-order valence-corrected chi connectivity index (χ0v) is 76.8. The molecule has 0 heterocycles. The molecule has 0 saturated heterocycles. The van der Waals surface area contributed by atoms with Gasteiger partial charge in [0.2, 0.25) is 0 Å². The first-order valence-electron chi connectivity index (χ1n) is 46.4. The normalized spacial score (nSPS) is 12.3. The molecule has 29 aromatic rings. The predicted molar refractivity (Wildman–Crippen MR) is 589 cm³/mol. The van der Waals surface area contributed by atoms with Crippen LogP contribution in [-0.4, -0.2) is 0 Å². The van der Waals surface area contributed by atoms with Crippen molar-refractivity contribution in [3.8, 4) is 89.0 Å². The SMILES string of the molecule is Brc1cc2c3c(cc4cccc5ccc1c3c54)-c1ccccc1-2.Clc1ccc(Cl)c(-c2cc3c4c(cc5cccc6ccc2c4c65)-c2ccccc2-3)c1.Clc1ccc(N(c2ccccc2)c2ccccc2)cc1-c1cc2c3c(cc4cccc5ccc1c3c54)-c1ccccc1-2.c1ccc(N(c2ccccc2)c2ccc3c(c2)c2cc4c5ccccc5c5cc6cccc7cc3c2c(c67)c54)cc1. The second-order valence-electron chi connectivity index (χ2n) is 36.7. The molecular weight excluding hydrogens is 1780 g/mol. The Labute approximate surface area is 805 Å². The molecular formula is C130H72BrCl3N2. The Morgan fingerprint density at radius 1 is 0.140 bits per heavy atom. The van der Waals surface area contributed by atoms with E-state index < -0.39 is 0 Å². The first-order chi connectivity index (χ1) is 67.1. The van der Waals surface area contributed by atoms with E-state index >= 15 is 0 Å². The molecule has 0 radical (unpaired) electrons. The fraction of sp³-hybridized carbons (Fsp3) is 0. The van der Waals surface area contributed by atoms with E-state index in [4.69, 9.17) is 34.8 Å². The van der Waals surface area contributed by atoms with Gasteiger partial charge in [0, 0.05) is 64.8 Å². The number of nitrogens with zero attached hydrogens (tertiary/aromatic N) is 2. The topological polar surface area (TPSA) is 6.48 Å². The molecule has 0 saturated carbocycles. The minimum absolute atomic E-state index is 0.692. The van der Waals surface area contributed by atoms with E-state index in [1.165, 1.54) is 249 Å². The zero-order chi connectivity index (χ0) is 89.6. The summed E-state index contributed by atoms with van der Waals surface area (Å²) in [4.78, 5) is 4.66. The number of anilines is 6. The Bertz CT molecular complexity index is 9980. The molecule has 0 amide bonds. The van der Waals surface area contributed by atoms with Gasteiger partial charge in [-0.15, -0.1) is 0 Å². The van der Waals surface area contributed by atoms with Crippen LogP contribution in [0, 0.1) is 0 Å². The molecule has 0 fully saturated rings. The minimum Gasteiger partial charge on any atom is -0.310 e. The molecule has 0 aromatic heterocycles. The number of rotatable bonds is 8. The summed E-state index contributed by atoms with van der Waals surface area (Å²) >= 11 is 24.0. The lowest BCUT2D eigenvalue weighted by atomic mass is 9.86. The highest BCUT2D eigenvalue weighted by molar-refractivity contribution is 9.10. The number of para-hydroxylation sites is 4. The van der Waals surface area contributed by atoms with E-state index in [-0.39, 0.29) is 0 Å². The summed E-state index contributed by atoms with van der Waals surface area (Å²) in [6, 6.07) is 158. The average molecular weight is 1850 g/mol. The summed E-state index contributed by atoms with van der Waals surface area (Å²) in [5, 5.41) is 44.9. The van der Waals surface area contributed by atoms with E-state index in [2.05, 4.69) is 438 Å². The van der Waals surface area contributed by atoms with Crippen molar-refractivity contribution in [3.05, 3.63) is 456 Å². The van der Waals surface area contributed by atoms with Crippen molar-refractivity contribution in [2.24, 2.45) is 0 Å². The van der Waals surface area contributed by atoms with Gasteiger partial charge in [-0.1, -0.05) is 336 Å². The Morgan fingerprint density at radius 3 is 0.882 bits per heavy atom.